The van der Waals surface area contributed by atoms with Crippen LogP contribution in [0.3, 0.4) is 0 Å². The summed E-state index contributed by atoms with van der Waals surface area (Å²) in [5, 5.41) is 9.98. The Kier molecular flexibility index (Phi) is 8.85. The van der Waals surface area contributed by atoms with Gasteiger partial charge in [0.05, 0.1) is 17.2 Å². The molecule has 35 heavy (non-hydrogen) atoms. The summed E-state index contributed by atoms with van der Waals surface area (Å²) in [6, 6.07) is 13.5. The Morgan fingerprint density at radius 1 is 1.17 bits per heavy atom. The number of nitrogens with zero attached hydrogens (tertiary/aromatic N) is 2. The number of hydrogen-bond acceptors (Lipinski definition) is 6. The predicted molar refractivity (Wildman–Crippen MR) is 134 cm³/mol. The molecular formula is C25H26ClIN3O4S-. The van der Waals surface area contributed by atoms with E-state index in [1.54, 1.807) is 0 Å². The van der Waals surface area contributed by atoms with Crippen LogP contribution in [0.4, 0.5) is 0 Å². The molecule has 3 rings (SSSR count). The standard InChI is InChI=1S/C25H26ClIN3O4S/c1-5-33-24-17(15-28)12-19(13-22(24)26)25(2,3)18-6-8-21(9-7-18)34-16-20-10-11-27-14-23(29-20)30-35(4,31)32/h6-14,30H,5,16H2,1-4H3/q-1. The van der Waals surface area contributed by atoms with Crippen molar-refractivity contribution in [3.05, 3.63) is 78.2 Å². The van der Waals surface area contributed by atoms with E-state index < -0.39 is 36.6 Å². The maximum atomic E-state index is 11.5. The summed E-state index contributed by atoms with van der Waals surface area (Å²) in [6.07, 6.45) is 2.96. The molecule has 1 aliphatic rings. The molecule has 0 radical (unpaired) electrons. The average Bonchev–Trinajstić information content (AvgIpc) is 3.02. The Labute approximate surface area is 221 Å². The molecule has 7 nitrogen and oxygen atoms in total. The molecule has 0 saturated carbocycles. The van der Waals surface area contributed by atoms with Crippen LogP contribution < -0.4 is 35.4 Å². The topological polar surface area (TPSA) is 101 Å². The van der Waals surface area contributed by atoms with Crippen LogP contribution in [0, 0.1) is 11.3 Å². The molecule has 0 unspecified atom stereocenters. The van der Waals surface area contributed by atoms with Gasteiger partial charge in [-0.3, -0.25) is 0 Å². The van der Waals surface area contributed by atoms with Gasteiger partial charge in [-0.25, -0.2) is 0 Å². The van der Waals surface area contributed by atoms with Crippen molar-refractivity contribution in [2.24, 2.45) is 4.99 Å². The molecule has 0 saturated heterocycles. The second kappa shape index (κ2) is 11.5. The van der Waals surface area contributed by atoms with E-state index in [0.717, 1.165) is 17.4 Å². The first-order valence-electron chi connectivity index (χ1n) is 10.7. The Hall–Kier alpha value is -2.55. The fourth-order valence-corrected chi connectivity index (χ4v) is 5.79. The molecule has 0 bridgehead atoms. The fourth-order valence-electron chi connectivity index (χ4n) is 3.36. The van der Waals surface area contributed by atoms with E-state index in [-0.39, 0.29) is 6.61 Å². The van der Waals surface area contributed by atoms with Gasteiger partial charge < -0.3 is 4.74 Å². The van der Waals surface area contributed by atoms with E-state index in [1.165, 1.54) is 0 Å². The first-order chi connectivity index (χ1) is 16.5. The Morgan fingerprint density at radius 2 is 1.89 bits per heavy atom. The van der Waals surface area contributed by atoms with Crippen molar-refractivity contribution in [1.29, 1.82) is 5.26 Å². The second-order valence-electron chi connectivity index (χ2n) is 8.21. The van der Waals surface area contributed by atoms with Gasteiger partial charge in [0.25, 0.3) is 0 Å². The average molecular weight is 627 g/mol. The first kappa shape index (κ1) is 27.0. The van der Waals surface area contributed by atoms with E-state index in [4.69, 9.17) is 21.1 Å². The van der Waals surface area contributed by atoms with Crippen LogP contribution in [-0.2, 0) is 15.4 Å². The number of rotatable bonds is 9. The predicted octanol–water partition coefficient (Wildman–Crippen LogP) is 1.72. The minimum absolute atomic E-state index is 0.200. The summed E-state index contributed by atoms with van der Waals surface area (Å²) >= 11 is 6.00. The molecule has 1 heterocycles. The number of nitrogens with one attached hydrogen (secondary N) is 1. The zero-order chi connectivity index (χ0) is 25.6. The summed E-state index contributed by atoms with van der Waals surface area (Å²) in [4.78, 5) is 4.37. The first-order valence-corrected chi connectivity index (χ1v) is 15.4. The summed E-state index contributed by atoms with van der Waals surface area (Å²) in [5.74, 6) is 1.39. The van der Waals surface area contributed by atoms with Crippen molar-refractivity contribution in [1.82, 2.24) is 4.72 Å². The number of halogens is 2. The SMILES string of the molecule is CCOc1c(Cl)cc(C(C)(C)c2ccc(OCC3=NC(NS(C)(=O)=O)=C[I-]C=C3)cc2)cc1C#N. The van der Waals surface area contributed by atoms with Gasteiger partial charge in [0, 0.05) is 0 Å². The Balaban J connectivity index is 1.76. The van der Waals surface area contributed by atoms with Crippen molar-refractivity contribution < 1.29 is 39.1 Å². The molecule has 0 aliphatic carbocycles. The van der Waals surface area contributed by atoms with Crippen LogP contribution in [0.15, 0.2) is 61.5 Å². The summed E-state index contributed by atoms with van der Waals surface area (Å²) < 4.78 is 40.7. The smallest absolute Gasteiger partial charge is 0.192 e. The van der Waals surface area contributed by atoms with Crippen LogP contribution in [0.2, 0.25) is 5.02 Å². The molecular weight excluding hydrogens is 601 g/mol. The van der Waals surface area contributed by atoms with Gasteiger partial charge in [-0.15, -0.1) is 0 Å². The van der Waals surface area contributed by atoms with Gasteiger partial charge in [0.15, 0.2) is 5.75 Å². The minimum atomic E-state index is -3.39. The molecule has 2 aromatic carbocycles. The molecule has 1 N–H and O–H groups in total. The van der Waals surface area contributed by atoms with E-state index >= 15 is 0 Å². The normalized spacial score (nSPS) is 14.1. The van der Waals surface area contributed by atoms with Crippen LogP contribution in [0.25, 0.3) is 0 Å². The molecule has 10 heteroatoms. The zero-order valence-corrected chi connectivity index (χ0v) is 23.5. The number of nitriles is 1. The van der Waals surface area contributed by atoms with E-state index in [1.807, 2.05) is 57.6 Å². The van der Waals surface area contributed by atoms with Gasteiger partial charge in [-0.1, -0.05) is 11.6 Å². The second-order valence-corrected chi connectivity index (χ2v) is 12.4. The number of benzene rings is 2. The van der Waals surface area contributed by atoms with Gasteiger partial charge in [0.1, 0.15) is 6.07 Å². The van der Waals surface area contributed by atoms with Crippen LogP contribution in [0.1, 0.15) is 37.5 Å². The Bertz CT molecular complexity index is 1330. The Morgan fingerprint density at radius 3 is 2.51 bits per heavy atom. The van der Waals surface area contributed by atoms with E-state index in [0.29, 0.717) is 40.2 Å². The van der Waals surface area contributed by atoms with Gasteiger partial charge in [-0.2, -0.15) is 5.26 Å². The van der Waals surface area contributed by atoms with Gasteiger partial charge in [-0.05, 0) is 6.92 Å². The third-order valence-corrected chi connectivity index (χ3v) is 7.77. The van der Waals surface area contributed by atoms with Crippen LogP contribution in [-0.4, -0.2) is 33.6 Å². The minimum Gasteiger partial charge on any atom is -0.192 e. The molecule has 1 aliphatic heterocycles. The van der Waals surface area contributed by atoms with Crippen molar-refractivity contribution >= 4 is 27.3 Å². The molecule has 0 fully saturated rings. The molecule has 2 aromatic rings. The summed E-state index contributed by atoms with van der Waals surface area (Å²) in [6.45, 7) is 6.60. The molecule has 186 valence electrons. The van der Waals surface area contributed by atoms with Crippen LogP contribution >= 0.6 is 11.6 Å². The fraction of sp³-hybridized carbons (Fsp3) is 0.280. The quantitative estimate of drug-likeness (QED) is 0.428. The number of hydrogen-bond donors (Lipinski definition) is 1. The summed E-state index contributed by atoms with van der Waals surface area (Å²) in [5.41, 5.74) is 2.53. The molecule has 0 amide bonds. The summed E-state index contributed by atoms with van der Waals surface area (Å²) in [7, 11) is -3.39. The monoisotopic (exact) mass is 626 g/mol. The van der Waals surface area contributed by atoms with Gasteiger partial charge in [0.2, 0.25) is 0 Å². The van der Waals surface area contributed by atoms with Gasteiger partial charge >= 0.3 is 165 Å². The van der Waals surface area contributed by atoms with Crippen molar-refractivity contribution in [2.45, 2.75) is 26.2 Å². The number of ether oxygens (including phenoxy) is 2. The van der Waals surface area contributed by atoms with Crippen molar-refractivity contribution in [3.8, 4) is 17.6 Å². The van der Waals surface area contributed by atoms with E-state index in [9.17, 15) is 13.7 Å². The van der Waals surface area contributed by atoms with Crippen molar-refractivity contribution in [3.63, 3.8) is 0 Å². The third-order valence-electron chi connectivity index (χ3n) is 5.19. The maximum absolute atomic E-state index is 11.5. The number of sulfonamides is 1. The molecule has 0 aromatic heterocycles. The van der Waals surface area contributed by atoms with Crippen LogP contribution in [0.5, 0.6) is 11.5 Å². The molecule has 0 atom stereocenters. The molecule has 0 spiro atoms. The van der Waals surface area contributed by atoms with Crippen molar-refractivity contribution in [2.75, 3.05) is 19.5 Å². The zero-order valence-electron chi connectivity index (χ0n) is 19.8. The van der Waals surface area contributed by atoms with E-state index in [2.05, 4.69) is 29.6 Å². The third kappa shape index (κ3) is 7.22. The number of aliphatic imine (C=N–C) groups is 1.